The molecule has 0 spiro atoms. The van der Waals surface area contributed by atoms with E-state index in [2.05, 4.69) is 19.2 Å². The average Bonchev–Trinajstić information content (AvgIpc) is 2.52. The predicted octanol–water partition coefficient (Wildman–Crippen LogP) is 1.70. The lowest BCUT2D eigenvalue weighted by atomic mass is 9.85. The Hall–Kier alpha value is -0.530. The van der Waals surface area contributed by atoms with Gasteiger partial charge >= 0.3 is 0 Å². The van der Waals surface area contributed by atoms with Crippen LogP contribution >= 0.6 is 0 Å². The molecule has 0 aromatic carbocycles. The number of hydrogen-bond acceptors (Lipinski definition) is 1. The van der Waals surface area contributed by atoms with Gasteiger partial charge in [0.2, 0.25) is 5.91 Å². The van der Waals surface area contributed by atoms with E-state index >= 15 is 0 Å². The average molecular weight is 167 g/mol. The van der Waals surface area contributed by atoms with Crippen molar-refractivity contribution in [2.24, 2.45) is 11.3 Å². The molecule has 2 saturated carbocycles. The lowest BCUT2D eigenvalue weighted by Crippen LogP contribution is -2.49. The molecule has 0 heterocycles. The van der Waals surface area contributed by atoms with Crippen molar-refractivity contribution < 1.29 is 4.79 Å². The third-order valence-electron chi connectivity index (χ3n) is 4.12. The number of hydrogen-bond donors (Lipinski definition) is 1. The zero-order valence-electron chi connectivity index (χ0n) is 8.11. The molecule has 2 heteroatoms. The third-order valence-corrected chi connectivity index (χ3v) is 4.12. The summed E-state index contributed by atoms with van der Waals surface area (Å²) in [6.07, 6.45) is 3.77. The largest absolute Gasteiger partial charge is 0.351 e. The van der Waals surface area contributed by atoms with Crippen LogP contribution in [0.25, 0.3) is 0 Å². The molecule has 2 rings (SSSR count). The van der Waals surface area contributed by atoms with Crippen LogP contribution in [-0.2, 0) is 4.79 Å². The SMILES string of the molecule is CC(=O)N[C@@]1(C)CC[C@@H]2C[C@@]21C. The Bertz CT molecular complexity index is 236. The first-order valence-corrected chi connectivity index (χ1v) is 4.77. The molecule has 0 aromatic rings. The Balaban J connectivity index is 2.15. The number of carbonyl (C=O) groups is 1. The fourth-order valence-corrected chi connectivity index (χ4v) is 2.89. The minimum atomic E-state index is 0.0868. The highest BCUT2D eigenvalue weighted by molar-refractivity contribution is 5.74. The molecule has 12 heavy (non-hydrogen) atoms. The molecule has 0 aliphatic heterocycles. The van der Waals surface area contributed by atoms with Crippen LogP contribution in [-0.4, -0.2) is 11.4 Å². The lowest BCUT2D eigenvalue weighted by Gasteiger charge is -2.33. The van der Waals surface area contributed by atoms with Crippen molar-refractivity contribution in [1.82, 2.24) is 5.32 Å². The van der Waals surface area contributed by atoms with Crippen molar-refractivity contribution >= 4 is 5.91 Å². The normalized spacial score (nSPS) is 50.1. The molecule has 1 N–H and O–H groups in total. The van der Waals surface area contributed by atoms with Crippen molar-refractivity contribution in [2.75, 3.05) is 0 Å². The van der Waals surface area contributed by atoms with Gasteiger partial charge in [0.1, 0.15) is 0 Å². The van der Waals surface area contributed by atoms with Crippen LogP contribution in [0.15, 0.2) is 0 Å². The summed E-state index contributed by atoms with van der Waals surface area (Å²) in [6.45, 7) is 6.12. The Morgan fingerprint density at radius 3 is 2.50 bits per heavy atom. The first-order chi connectivity index (χ1) is 5.48. The zero-order valence-corrected chi connectivity index (χ0v) is 8.11. The molecule has 2 aliphatic carbocycles. The van der Waals surface area contributed by atoms with Gasteiger partial charge in [0.25, 0.3) is 0 Å². The molecule has 0 aromatic heterocycles. The quantitative estimate of drug-likeness (QED) is 0.632. The molecule has 2 nitrogen and oxygen atoms in total. The van der Waals surface area contributed by atoms with Crippen molar-refractivity contribution in [3.63, 3.8) is 0 Å². The van der Waals surface area contributed by atoms with Crippen LogP contribution in [0, 0.1) is 11.3 Å². The second kappa shape index (κ2) is 2.04. The van der Waals surface area contributed by atoms with E-state index in [0.29, 0.717) is 5.41 Å². The summed E-state index contributed by atoms with van der Waals surface area (Å²) in [5.74, 6) is 1.00. The fraction of sp³-hybridized carbons (Fsp3) is 0.900. The number of fused-ring (bicyclic) bond motifs is 1. The molecule has 2 aliphatic rings. The van der Waals surface area contributed by atoms with Gasteiger partial charge in [-0.2, -0.15) is 0 Å². The van der Waals surface area contributed by atoms with Crippen LogP contribution in [0.4, 0.5) is 0 Å². The second-order valence-electron chi connectivity index (χ2n) is 4.87. The van der Waals surface area contributed by atoms with Crippen molar-refractivity contribution in [3.05, 3.63) is 0 Å². The van der Waals surface area contributed by atoms with E-state index in [9.17, 15) is 4.79 Å². The molecule has 68 valence electrons. The number of rotatable bonds is 1. The van der Waals surface area contributed by atoms with Gasteiger partial charge in [-0.3, -0.25) is 4.79 Å². The molecule has 0 bridgehead atoms. The topological polar surface area (TPSA) is 29.1 Å². The van der Waals surface area contributed by atoms with Gasteiger partial charge in [-0.25, -0.2) is 0 Å². The van der Waals surface area contributed by atoms with Crippen LogP contribution < -0.4 is 5.32 Å². The molecule has 0 radical (unpaired) electrons. The van der Waals surface area contributed by atoms with Crippen molar-refractivity contribution in [1.29, 1.82) is 0 Å². The minimum Gasteiger partial charge on any atom is -0.351 e. The summed E-state index contributed by atoms with van der Waals surface area (Å²) in [4.78, 5) is 11.0. The Morgan fingerprint density at radius 1 is 1.50 bits per heavy atom. The zero-order chi connectivity index (χ0) is 8.98. The van der Waals surface area contributed by atoms with Crippen molar-refractivity contribution in [3.8, 4) is 0 Å². The first kappa shape index (κ1) is 8.09. The fourth-order valence-electron chi connectivity index (χ4n) is 2.89. The molecule has 0 saturated heterocycles. The molecular weight excluding hydrogens is 150 g/mol. The summed E-state index contributed by atoms with van der Waals surface area (Å²) < 4.78 is 0. The molecular formula is C10H17NO. The highest BCUT2D eigenvalue weighted by Gasteiger charge is 2.65. The summed E-state index contributed by atoms with van der Waals surface area (Å²) >= 11 is 0. The van der Waals surface area contributed by atoms with Gasteiger partial charge in [-0.15, -0.1) is 0 Å². The summed E-state index contributed by atoms with van der Waals surface area (Å²) in [7, 11) is 0. The van der Waals surface area contributed by atoms with Gasteiger partial charge in [-0.05, 0) is 37.5 Å². The third kappa shape index (κ3) is 0.838. The Labute approximate surface area is 73.7 Å². The smallest absolute Gasteiger partial charge is 0.217 e. The maximum absolute atomic E-state index is 11.0. The molecule has 2 fully saturated rings. The minimum absolute atomic E-state index is 0.0868. The van der Waals surface area contributed by atoms with E-state index in [-0.39, 0.29) is 11.4 Å². The van der Waals surface area contributed by atoms with Gasteiger partial charge in [0.15, 0.2) is 0 Å². The second-order valence-corrected chi connectivity index (χ2v) is 4.87. The van der Waals surface area contributed by atoms with E-state index in [1.807, 2.05) is 0 Å². The Kier molecular flexibility index (Phi) is 1.37. The molecule has 3 atom stereocenters. The summed E-state index contributed by atoms with van der Waals surface area (Å²) in [5.41, 5.74) is 0.502. The maximum atomic E-state index is 11.0. The standard InChI is InChI=1S/C10H17NO/c1-7(12)11-10(3)5-4-8-6-9(8,10)2/h8H,4-6H2,1-3H3,(H,11,12)/t8-,9+,10+/m1/s1. The van der Waals surface area contributed by atoms with E-state index in [0.717, 1.165) is 12.3 Å². The van der Waals surface area contributed by atoms with E-state index < -0.39 is 0 Å². The maximum Gasteiger partial charge on any atom is 0.217 e. The van der Waals surface area contributed by atoms with Crippen LogP contribution in [0.3, 0.4) is 0 Å². The first-order valence-electron chi connectivity index (χ1n) is 4.77. The molecule has 1 amide bonds. The number of nitrogens with one attached hydrogen (secondary N) is 1. The van der Waals surface area contributed by atoms with Crippen LogP contribution in [0.5, 0.6) is 0 Å². The predicted molar refractivity (Wildman–Crippen MR) is 47.7 cm³/mol. The Morgan fingerprint density at radius 2 is 2.17 bits per heavy atom. The van der Waals surface area contributed by atoms with Gasteiger partial charge < -0.3 is 5.32 Å². The number of carbonyl (C=O) groups excluding carboxylic acids is 1. The summed E-state index contributed by atoms with van der Waals surface area (Å²) in [6, 6.07) is 0. The molecule has 0 unspecified atom stereocenters. The van der Waals surface area contributed by atoms with E-state index in [1.54, 1.807) is 6.92 Å². The van der Waals surface area contributed by atoms with E-state index in [1.165, 1.54) is 12.8 Å². The lowest BCUT2D eigenvalue weighted by molar-refractivity contribution is -0.121. The van der Waals surface area contributed by atoms with Gasteiger partial charge in [0.05, 0.1) is 0 Å². The monoisotopic (exact) mass is 167 g/mol. The van der Waals surface area contributed by atoms with E-state index in [4.69, 9.17) is 0 Å². The van der Waals surface area contributed by atoms with Crippen LogP contribution in [0.2, 0.25) is 0 Å². The highest BCUT2D eigenvalue weighted by Crippen LogP contribution is 2.67. The van der Waals surface area contributed by atoms with Gasteiger partial charge in [0, 0.05) is 12.5 Å². The summed E-state index contributed by atoms with van der Waals surface area (Å²) in [5, 5.41) is 3.11. The van der Waals surface area contributed by atoms with Gasteiger partial charge in [-0.1, -0.05) is 6.92 Å². The van der Waals surface area contributed by atoms with Crippen LogP contribution in [0.1, 0.15) is 40.0 Å². The number of amides is 1. The highest BCUT2D eigenvalue weighted by atomic mass is 16.1. The van der Waals surface area contributed by atoms with Crippen molar-refractivity contribution in [2.45, 2.75) is 45.6 Å².